The highest BCUT2D eigenvalue weighted by molar-refractivity contribution is 6.31. The second-order valence-corrected chi connectivity index (χ2v) is 4.85. The monoisotopic (exact) mass is 315 g/mol. The summed E-state index contributed by atoms with van der Waals surface area (Å²) in [5, 5.41) is 22.6. The smallest absolute Gasteiger partial charge is 0.283 e. The number of hydrogen-bond donors (Lipinski definition) is 1. The number of rotatable bonds is 4. The van der Waals surface area contributed by atoms with Crippen molar-refractivity contribution in [2.45, 2.75) is 6.54 Å². The van der Waals surface area contributed by atoms with Gasteiger partial charge in [-0.1, -0.05) is 23.7 Å². The molecular formula is C15H10ClN3O3. The molecule has 0 bridgehead atoms. The van der Waals surface area contributed by atoms with Crippen LogP contribution >= 0.6 is 11.6 Å². The number of carbonyl (C=O) groups excluding carboxylic acids is 1. The molecule has 0 radical (unpaired) electrons. The summed E-state index contributed by atoms with van der Waals surface area (Å²) in [5.74, 6) is -0.578. The summed E-state index contributed by atoms with van der Waals surface area (Å²) >= 11 is 5.71. The van der Waals surface area contributed by atoms with Gasteiger partial charge in [0.05, 0.1) is 16.6 Å². The molecule has 7 heteroatoms. The minimum Gasteiger partial charge on any atom is -0.348 e. The summed E-state index contributed by atoms with van der Waals surface area (Å²) in [6.07, 6.45) is 0. The third kappa shape index (κ3) is 3.59. The van der Waals surface area contributed by atoms with Gasteiger partial charge in [0.1, 0.15) is 5.56 Å². The van der Waals surface area contributed by atoms with Crippen molar-refractivity contribution < 1.29 is 9.72 Å². The van der Waals surface area contributed by atoms with Gasteiger partial charge in [0, 0.05) is 17.6 Å². The molecule has 2 aromatic carbocycles. The highest BCUT2D eigenvalue weighted by Crippen LogP contribution is 2.23. The van der Waals surface area contributed by atoms with Crippen molar-refractivity contribution in [1.82, 2.24) is 5.32 Å². The van der Waals surface area contributed by atoms with E-state index >= 15 is 0 Å². The molecule has 0 saturated carbocycles. The van der Waals surface area contributed by atoms with Crippen molar-refractivity contribution in [2.75, 3.05) is 0 Å². The quantitative estimate of drug-likeness (QED) is 0.692. The largest absolute Gasteiger partial charge is 0.348 e. The van der Waals surface area contributed by atoms with E-state index in [-0.39, 0.29) is 22.8 Å². The predicted molar refractivity (Wildman–Crippen MR) is 80.4 cm³/mol. The van der Waals surface area contributed by atoms with E-state index in [4.69, 9.17) is 16.9 Å². The van der Waals surface area contributed by atoms with E-state index in [1.165, 1.54) is 12.1 Å². The van der Waals surface area contributed by atoms with E-state index in [1.807, 2.05) is 6.07 Å². The van der Waals surface area contributed by atoms with Gasteiger partial charge in [-0.3, -0.25) is 14.9 Å². The average Bonchev–Trinajstić information content (AvgIpc) is 2.52. The minimum absolute atomic E-state index is 0.0640. The highest BCUT2D eigenvalue weighted by Gasteiger charge is 2.20. The van der Waals surface area contributed by atoms with Crippen molar-refractivity contribution in [3.05, 3.63) is 74.3 Å². The zero-order valence-electron chi connectivity index (χ0n) is 11.2. The van der Waals surface area contributed by atoms with Gasteiger partial charge in [-0.05, 0) is 29.8 Å². The van der Waals surface area contributed by atoms with Gasteiger partial charge >= 0.3 is 0 Å². The number of nitrogens with zero attached hydrogens (tertiary/aromatic N) is 2. The summed E-state index contributed by atoms with van der Waals surface area (Å²) in [5.41, 5.74) is 0.787. The normalized spacial score (nSPS) is 9.82. The van der Waals surface area contributed by atoms with Crippen LogP contribution in [0, 0.1) is 21.4 Å². The molecule has 0 aliphatic carbocycles. The molecule has 22 heavy (non-hydrogen) atoms. The van der Waals surface area contributed by atoms with E-state index in [9.17, 15) is 14.9 Å². The number of carbonyl (C=O) groups is 1. The lowest BCUT2D eigenvalue weighted by molar-refractivity contribution is -0.385. The van der Waals surface area contributed by atoms with Gasteiger partial charge in [-0.25, -0.2) is 0 Å². The van der Waals surface area contributed by atoms with Gasteiger partial charge in [0.25, 0.3) is 11.6 Å². The molecule has 0 saturated heterocycles. The lowest BCUT2D eigenvalue weighted by Crippen LogP contribution is -2.23. The zero-order chi connectivity index (χ0) is 16.1. The Balaban J connectivity index is 2.16. The molecule has 0 atom stereocenters. The number of nitro benzene ring substituents is 1. The Kier molecular flexibility index (Phi) is 4.71. The molecule has 2 rings (SSSR count). The number of amides is 1. The van der Waals surface area contributed by atoms with Gasteiger partial charge in [-0.15, -0.1) is 0 Å². The third-order valence-corrected chi connectivity index (χ3v) is 3.15. The van der Waals surface area contributed by atoms with Crippen molar-refractivity contribution >= 4 is 23.2 Å². The van der Waals surface area contributed by atoms with Crippen LogP contribution in [0.1, 0.15) is 21.5 Å². The van der Waals surface area contributed by atoms with Crippen LogP contribution in [0.3, 0.4) is 0 Å². The molecule has 2 aromatic rings. The second-order valence-electron chi connectivity index (χ2n) is 4.41. The molecule has 1 amide bonds. The van der Waals surface area contributed by atoms with Crippen molar-refractivity contribution in [3.63, 3.8) is 0 Å². The number of nitriles is 1. The van der Waals surface area contributed by atoms with Gasteiger partial charge < -0.3 is 5.32 Å². The first-order chi connectivity index (χ1) is 10.5. The first-order valence-electron chi connectivity index (χ1n) is 6.22. The van der Waals surface area contributed by atoms with Crippen LogP contribution in [-0.4, -0.2) is 10.8 Å². The Morgan fingerprint density at radius 1 is 1.32 bits per heavy atom. The van der Waals surface area contributed by atoms with Crippen molar-refractivity contribution in [1.29, 1.82) is 5.26 Å². The lowest BCUT2D eigenvalue weighted by atomic mass is 10.1. The highest BCUT2D eigenvalue weighted by atomic mass is 35.5. The van der Waals surface area contributed by atoms with Crippen LogP contribution in [-0.2, 0) is 6.54 Å². The first kappa shape index (κ1) is 15.5. The number of hydrogen-bond acceptors (Lipinski definition) is 4. The minimum atomic E-state index is -0.656. The molecule has 0 spiro atoms. The fraction of sp³-hybridized carbons (Fsp3) is 0.0667. The summed E-state index contributed by atoms with van der Waals surface area (Å²) in [7, 11) is 0. The van der Waals surface area contributed by atoms with Crippen LogP contribution in [0.4, 0.5) is 5.69 Å². The standard InChI is InChI=1S/C15H10ClN3O3/c16-12-4-5-13(14(7-12)19(21)22)15(20)18-9-11-3-1-2-10(6-11)8-17/h1-7H,9H2,(H,18,20). The molecule has 6 nitrogen and oxygen atoms in total. The Hall–Kier alpha value is -2.91. The zero-order valence-corrected chi connectivity index (χ0v) is 12.0. The molecule has 0 aliphatic rings. The van der Waals surface area contributed by atoms with Crippen LogP contribution in [0.25, 0.3) is 0 Å². The lowest BCUT2D eigenvalue weighted by Gasteiger charge is -2.06. The fourth-order valence-corrected chi connectivity index (χ4v) is 2.04. The second kappa shape index (κ2) is 6.70. The van der Waals surface area contributed by atoms with Crippen molar-refractivity contribution in [3.8, 4) is 6.07 Å². The predicted octanol–water partition coefficient (Wildman–Crippen LogP) is 3.05. The molecule has 110 valence electrons. The SMILES string of the molecule is N#Cc1cccc(CNC(=O)c2ccc(Cl)cc2[N+](=O)[O-])c1. The molecular weight excluding hydrogens is 306 g/mol. The maximum absolute atomic E-state index is 12.1. The van der Waals surface area contributed by atoms with Crippen LogP contribution in [0.15, 0.2) is 42.5 Å². The first-order valence-corrected chi connectivity index (χ1v) is 6.60. The summed E-state index contributed by atoms with van der Waals surface area (Å²) in [6, 6.07) is 12.6. The van der Waals surface area contributed by atoms with Crippen LogP contribution in [0.2, 0.25) is 5.02 Å². The fourth-order valence-electron chi connectivity index (χ4n) is 1.88. The number of halogens is 1. The molecule has 0 aliphatic heterocycles. The van der Waals surface area contributed by atoms with E-state index in [0.29, 0.717) is 5.56 Å². The van der Waals surface area contributed by atoms with E-state index in [1.54, 1.807) is 24.3 Å². The van der Waals surface area contributed by atoms with E-state index in [0.717, 1.165) is 11.6 Å². The Morgan fingerprint density at radius 2 is 2.09 bits per heavy atom. The molecule has 0 unspecified atom stereocenters. The molecule has 1 N–H and O–H groups in total. The van der Waals surface area contributed by atoms with Crippen molar-refractivity contribution in [2.24, 2.45) is 0 Å². The molecule has 0 aromatic heterocycles. The topological polar surface area (TPSA) is 96.0 Å². The van der Waals surface area contributed by atoms with Crippen LogP contribution < -0.4 is 5.32 Å². The average molecular weight is 316 g/mol. The maximum atomic E-state index is 12.1. The van der Waals surface area contributed by atoms with E-state index in [2.05, 4.69) is 5.32 Å². The van der Waals surface area contributed by atoms with Gasteiger partial charge in [0.15, 0.2) is 0 Å². The maximum Gasteiger partial charge on any atom is 0.283 e. The summed E-state index contributed by atoms with van der Waals surface area (Å²) < 4.78 is 0. The Bertz CT molecular complexity index is 784. The summed E-state index contributed by atoms with van der Waals surface area (Å²) in [6.45, 7) is 0.161. The van der Waals surface area contributed by atoms with Gasteiger partial charge in [-0.2, -0.15) is 5.26 Å². The Labute approximate surface area is 131 Å². The number of benzene rings is 2. The Morgan fingerprint density at radius 3 is 2.77 bits per heavy atom. The number of nitro groups is 1. The third-order valence-electron chi connectivity index (χ3n) is 2.91. The van der Waals surface area contributed by atoms with E-state index < -0.39 is 10.8 Å². The molecule has 0 fully saturated rings. The molecule has 0 heterocycles. The summed E-state index contributed by atoms with van der Waals surface area (Å²) in [4.78, 5) is 22.4. The number of nitrogens with one attached hydrogen (secondary N) is 1. The van der Waals surface area contributed by atoms with Crippen LogP contribution in [0.5, 0.6) is 0 Å². The van der Waals surface area contributed by atoms with Gasteiger partial charge in [0.2, 0.25) is 0 Å².